The Morgan fingerprint density at radius 3 is 2.46 bits per heavy atom. The van der Waals surface area contributed by atoms with Gasteiger partial charge in [0.25, 0.3) is 0 Å². The van der Waals surface area contributed by atoms with Crippen LogP contribution in [0.1, 0.15) is 60.3 Å². The van der Waals surface area contributed by atoms with Crippen LogP contribution in [0, 0.1) is 36.6 Å². The standard InChI is InChI=1S/C23H20NO.C19H25FGeN.Ir/c1-2-7-16(6-1)14-17-12-13-24-21(15-17)20-10-5-9-19-18-8-3-4-11-22(18)25-23(19)20;1-13(2)9-15-11-19(22-12-18(15)21(4,5)6)16-8-7-14(3)10-17(16)20;/h3-5,8-9,11-13,15-16H,1-2,6-7,14H2;7,10-13H,9H2,1-6H3;/q2*-1;/i;3D3;. The van der Waals surface area contributed by atoms with E-state index < -0.39 is 25.9 Å². The number of para-hydroxylation sites is 1. The molecule has 3 aromatic heterocycles. The molecule has 0 spiro atoms. The molecule has 0 aliphatic heterocycles. The third kappa shape index (κ3) is 8.36. The fourth-order valence-corrected chi connectivity index (χ4v) is 10.1. The van der Waals surface area contributed by atoms with Crippen LogP contribution in [0.2, 0.25) is 17.3 Å². The molecular formula is C42H45FGeIrN2O-2. The Hall–Kier alpha value is -3.12. The van der Waals surface area contributed by atoms with E-state index in [1.54, 1.807) is 0 Å². The maximum atomic E-state index is 14.5. The van der Waals surface area contributed by atoms with Crippen LogP contribution in [0.4, 0.5) is 4.39 Å². The van der Waals surface area contributed by atoms with Gasteiger partial charge < -0.3 is 9.40 Å². The summed E-state index contributed by atoms with van der Waals surface area (Å²) in [6.07, 6.45) is 11.4. The molecule has 0 saturated heterocycles. The van der Waals surface area contributed by atoms with Gasteiger partial charge in [-0.1, -0.05) is 66.5 Å². The van der Waals surface area contributed by atoms with Crippen molar-refractivity contribution in [2.24, 2.45) is 11.8 Å². The molecule has 3 heterocycles. The van der Waals surface area contributed by atoms with Crippen molar-refractivity contribution in [1.82, 2.24) is 9.97 Å². The van der Waals surface area contributed by atoms with E-state index in [1.807, 2.05) is 42.7 Å². The fourth-order valence-electron chi connectivity index (χ4n) is 6.75. The van der Waals surface area contributed by atoms with E-state index in [9.17, 15) is 4.39 Å². The zero-order valence-electron chi connectivity index (χ0n) is 31.4. The number of halogens is 1. The van der Waals surface area contributed by atoms with E-state index in [-0.39, 0.29) is 31.2 Å². The quantitative estimate of drug-likeness (QED) is 0.118. The summed E-state index contributed by atoms with van der Waals surface area (Å²) in [6.45, 7) is 1.99. The molecular weight excluding hydrogens is 832 g/mol. The summed E-state index contributed by atoms with van der Waals surface area (Å²) in [4.78, 5) is 9.08. The number of rotatable bonds is 7. The summed E-state index contributed by atoms with van der Waals surface area (Å²) in [7, 11) is 0. The number of pyridine rings is 2. The molecule has 0 atom stereocenters. The van der Waals surface area contributed by atoms with Gasteiger partial charge in [-0.15, -0.1) is 18.2 Å². The number of benzene rings is 3. The first-order chi connectivity index (χ1) is 23.8. The van der Waals surface area contributed by atoms with Crippen LogP contribution in [-0.4, -0.2) is 23.2 Å². The van der Waals surface area contributed by atoms with Gasteiger partial charge in [0.1, 0.15) is 5.58 Å². The number of aromatic nitrogens is 2. The molecule has 0 bridgehead atoms. The van der Waals surface area contributed by atoms with Gasteiger partial charge in [-0.3, -0.25) is 0 Å². The van der Waals surface area contributed by atoms with Crippen LogP contribution in [-0.2, 0) is 32.9 Å². The second-order valence-electron chi connectivity index (χ2n) is 14.3. The number of furan rings is 1. The summed E-state index contributed by atoms with van der Waals surface area (Å²) >= 11 is -2.08. The smallest absolute Gasteiger partial charge is 0.120 e. The van der Waals surface area contributed by atoms with E-state index in [4.69, 9.17) is 8.53 Å². The van der Waals surface area contributed by atoms with Crippen LogP contribution in [0.5, 0.6) is 0 Å². The van der Waals surface area contributed by atoms with Crippen molar-refractivity contribution < 1.29 is 33.0 Å². The van der Waals surface area contributed by atoms with Gasteiger partial charge in [0, 0.05) is 31.7 Å². The first-order valence-corrected chi connectivity index (χ1v) is 24.1. The van der Waals surface area contributed by atoms with Crippen LogP contribution >= 0.6 is 0 Å². The second kappa shape index (κ2) is 15.6. The van der Waals surface area contributed by atoms with Crippen molar-refractivity contribution in [3.63, 3.8) is 0 Å². The first-order valence-electron chi connectivity index (χ1n) is 18.3. The molecule has 251 valence electrons. The number of aryl methyl sites for hydroxylation is 1. The third-order valence-corrected chi connectivity index (χ3v) is 13.3. The molecule has 0 N–H and O–H groups in total. The topological polar surface area (TPSA) is 38.9 Å². The average Bonchev–Trinajstić information content (AvgIpc) is 3.72. The molecule has 3 nitrogen and oxygen atoms in total. The molecule has 1 aliphatic rings. The van der Waals surface area contributed by atoms with E-state index in [1.165, 1.54) is 47.3 Å². The van der Waals surface area contributed by atoms with Gasteiger partial charge >= 0.3 is 140 Å². The molecule has 0 amide bonds. The molecule has 1 saturated carbocycles. The van der Waals surface area contributed by atoms with Gasteiger partial charge in [0.05, 0.1) is 5.58 Å². The molecule has 1 fully saturated rings. The van der Waals surface area contributed by atoms with Gasteiger partial charge in [-0.05, 0) is 30.2 Å². The third-order valence-electron chi connectivity index (χ3n) is 8.99. The normalized spacial score (nSPS) is 14.7. The van der Waals surface area contributed by atoms with E-state index >= 15 is 0 Å². The molecule has 6 heteroatoms. The molecule has 3 aromatic carbocycles. The fraction of sp³-hybridized carbons (Fsp3) is 0.333. The van der Waals surface area contributed by atoms with E-state index in [2.05, 4.69) is 77.5 Å². The van der Waals surface area contributed by atoms with Crippen molar-refractivity contribution in [2.45, 2.75) is 76.5 Å². The first kappa shape index (κ1) is 32.1. The average molecular weight is 881 g/mol. The second-order valence-corrected chi connectivity index (χ2v) is 24.9. The van der Waals surface area contributed by atoms with Crippen molar-refractivity contribution in [3.8, 4) is 22.5 Å². The summed E-state index contributed by atoms with van der Waals surface area (Å²) in [5.41, 5.74) is 7.01. The van der Waals surface area contributed by atoms with E-state index in [0.29, 0.717) is 11.6 Å². The van der Waals surface area contributed by atoms with Gasteiger partial charge in [0.15, 0.2) is 0 Å². The molecule has 0 unspecified atom stereocenters. The van der Waals surface area contributed by atoms with Crippen molar-refractivity contribution in [3.05, 3.63) is 114 Å². The van der Waals surface area contributed by atoms with Gasteiger partial charge in [0.2, 0.25) is 0 Å². The summed E-state index contributed by atoms with van der Waals surface area (Å²) in [5, 5.41) is 2.28. The Morgan fingerprint density at radius 1 is 0.958 bits per heavy atom. The van der Waals surface area contributed by atoms with Crippen molar-refractivity contribution in [2.75, 3.05) is 0 Å². The monoisotopic (exact) mass is 882 g/mol. The van der Waals surface area contributed by atoms with E-state index in [0.717, 1.165) is 58.0 Å². The number of fused-ring (bicyclic) bond motifs is 3. The predicted molar refractivity (Wildman–Crippen MR) is 196 cm³/mol. The zero-order chi connectivity index (χ0) is 35.6. The predicted octanol–water partition coefficient (Wildman–Crippen LogP) is 10.9. The zero-order valence-corrected chi connectivity index (χ0v) is 32.9. The minimum absolute atomic E-state index is 0. The SMILES string of the molecule is [2H]C([2H])([2H])c1c[c-]c(-c2cc(CC(C)C)[c]([Ge]([CH3])([CH3])[CH3])cn2)c(F)c1.[Ir].[c-]1ccc2c(oc3ccccc32)c1-c1cc(CC2CCCC2)ccn1. The molecule has 48 heavy (non-hydrogen) atoms. The summed E-state index contributed by atoms with van der Waals surface area (Å²) in [5.74, 6) is 7.68. The molecule has 1 aliphatic carbocycles. The van der Waals surface area contributed by atoms with Crippen molar-refractivity contribution >= 4 is 39.6 Å². The summed E-state index contributed by atoms with van der Waals surface area (Å²) < 4.78 is 44.1. The Kier molecular flexibility index (Phi) is 10.4. The Balaban J connectivity index is 0.000000194. The van der Waals surface area contributed by atoms with Crippen molar-refractivity contribution in [1.29, 1.82) is 0 Å². The Labute approximate surface area is 305 Å². The van der Waals surface area contributed by atoms with Crippen LogP contribution in [0.15, 0.2) is 83.5 Å². The maximum absolute atomic E-state index is 14.5. The Morgan fingerprint density at radius 2 is 1.73 bits per heavy atom. The van der Waals surface area contributed by atoms with Crippen LogP contribution < -0.4 is 4.40 Å². The maximum Gasteiger partial charge on any atom is 0.120 e. The minimum Gasteiger partial charge on any atom is -0.501 e. The largest absolute Gasteiger partial charge is 0.501 e. The molecule has 6 aromatic rings. The molecule has 1 radical (unpaired) electrons. The number of nitrogens with zero attached hydrogens (tertiary/aromatic N) is 2. The Bertz CT molecular complexity index is 2120. The van der Waals surface area contributed by atoms with Gasteiger partial charge in [-0.2, -0.15) is 0 Å². The number of hydrogen-bond donors (Lipinski definition) is 0. The van der Waals surface area contributed by atoms with Crippen LogP contribution in [0.3, 0.4) is 0 Å². The van der Waals surface area contributed by atoms with Gasteiger partial charge in [-0.25, -0.2) is 0 Å². The minimum atomic E-state index is -2.34. The van der Waals surface area contributed by atoms with Crippen LogP contribution in [0.25, 0.3) is 44.5 Å². The number of hydrogen-bond acceptors (Lipinski definition) is 3. The summed E-state index contributed by atoms with van der Waals surface area (Å²) in [6, 6.07) is 27.1. The molecule has 7 rings (SSSR count).